The minimum absolute atomic E-state index is 0.0754. The van der Waals surface area contributed by atoms with Crippen LogP contribution in [0, 0.1) is 11.3 Å². The van der Waals surface area contributed by atoms with Crippen molar-refractivity contribution in [2.75, 3.05) is 18.0 Å². The van der Waals surface area contributed by atoms with Gasteiger partial charge in [0.05, 0.1) is 40.3 Å². The molecular weight excluding hydrogens is 785 g/mol. The second kappa shape index (κ2) is 15.1. The fourth-order valence-corrected chi connectivity index (χ4v) is 7.53. The molecule has 4 aromatic rings. The van der Waals surface area contributed by atoms with Gasteiger partial charge < -0.3 is 26.0 Å². The van der Waals surface area contributed by atoms with Crippen molar-refractivity contribution in [3.63, 3.8) is 0 Å². The fourth-order valence-electron chi connectivity index (χ4n) is 7.01. The van der Waals surface area contributed by atoms with E-state index in [1.54, 1.807) is 86.9 Å². The van der Waals surface area contributed by atoms with Gasteiger partial charge in [0, 0.05) is 35.8 Å². The normalized spacial score (nSPS) is 18.4. The highest BCUT2D eigenvalue weighted by atomic mass is 35.5. The van der Waals surface area contributed by atoms with Crippen LogP contribution in [0.1, 0.15) is 91.0 Å². The molecule has 3 heterocycles. The number of fused-ring (bicyclic) bond motifs is 1. The highest BCUT2D eigenvalue weighted by Gasteiger charge is 2.57. The number of halogens is 2. The lowest BCUT2D eigenvalue weighted by Crippen LogP contribution is -2.52. The van der Waals surface area contributed by atoms with Gasteiger partial charge >= 0.3 is 6.09 Å². The average molecular weight is 827 g/mol. The third kappa shape index (κ3) is 8.07. The summed E-state index contributed by atoms with van der Waals surface area (Å²) in [4.78, 5) is 77.5. The Labute approximate surface area is 344 Å². The molecule has 0 bridgehead atoms. The summed E-state index contributed by atoms with van der Waals surface area (Å²) in [6, 6.07) is 17.0. The van der Waals surface area contributed by atoms with Gasteiger partial charge in [-0.05, 0) is 101 Å². The first-order chi connectivity index (χ1) is 27.5. The smallest absolute Gasteiger partial charge is 0.407 e. The maximum atomic E-state index is 14.4. The molecule has 7 rings (SSSR count). The van der Waals surface area contributed by atoms with Gasteiger partial charge in [-0.25, -0.2) is 14.7 Å². The summed E-state index contributed by atoms with van der Waals surface area (Å²) in [7, 11) is 0. The molecule has 2 saturated carbocycles. The van der Waals surface area contributed by atoms with Crippen LogP contribution < -0.4 is 26.2 Å². The molecule has 1 atom stereocenters. The van der Waals surface area contributed by atoms with Gasteiger partial charge in [-0.2, -0.15) is 5.26 Å². The molecule has 0 radical (unpaired) electrons. The molecule has 1 aliphatic heterocycles. The number of ether oxygens (including phenoxy) is 1. The maximum absolute atomic E-state index is 14.4. The van der Waals surface area contributed by atoms with Crippen LogP contribution in [-0.4, -0.2) is 68.5 Å². The van der Waals surface area contributed by atoms with Gasteiger partial charge in [-0.1, -0.05) is 35.3 Å². The molecule has 0 spiro atoms. The summed E-state index contributed by atoms with van der Waals surface area (Å²) in [5, 5.41) is 21.3. The number of rotatable bonds is 12. The van der Waals surface area contributed by atoms with Crippen molar-refractivity contribution < 1.29 is 28.7 Å². The molecule has 4 N–H and O–H groups in total. The highest BCUT2D eigenvalue weighted by Crippen LogP contribution is 2.47. The van der Waals surface area contributed by atoms with Crippen LogP contribution in [0.25, 0.3) is 0 Å². The first kappa shape index (κ1) is 40.2. The predicted octanol–water partition coefficient (Wildman–Crippen LogP) is 5.42. The van der Waals surface area contributed by atoms with Gasteiger partial charge in [0.15, 0.2) is 0 Å². The van der Waals surface area contributed by atoms with Crippen molar-refractivity contribution in [2.45, 2.75) is 82.0 Å². The highest BCUT2D eigenvalue weighted by molar-refractivity contribution is 6.35. The number of amides is 5. The molecule has 1 unspecified atom stereocenters. The number of imidazole rings is 1. The van der Waals surface area contributed by atoms with E-state index < -0.39 is 34.2 Å². The van der Waals surface area contributed by atoms with E-state index in [4.69, 9.17) is 27.9 Å². The van der Waals surface area contributed by atoms with Crippen LogP contribution in [0.3, 0.4) is 0 Å². The van der Waals surface area contributed by atoms with Gasteiger partial charge in [-0.15, -0.1) is 0 Å². The Hall–Kier alpha value is -5.98. The zero-order valence-electron chi connectivity index (χ0n) is 32.2. The zero-order chi connectivity index (χ0) is 41.6. The van der Waals surface area contributed by atoms with Crippen molar-refractivity contribution in [2.24, 2.45) is 0 Å². The first-order valence-corrected chi connectivity index (χ1v) is 19.5. The van der Waals surface area contributed by atoms with E-state index >= 15 is 0 Å². The van der Waals surface area contributed by atoms with Crippen molar-refractivity contribution in [3.05, 3.63) is 105 Å². The molecule has 2 aromatic heterocycles. The van der Waals surface area contributed by atoms with E-state index in [9.17, 15) is 29.2 Å². The van der Waals surface area contributed by atoms with Crippen LogP contribution in [-0.2, 0) is 31.8 Å². The number of hydrogen-bond acceptors (Lipinski definition) is 9. The summed E-state index contributed by atoms with van der Waals surface area (Å²) in [5.41, 5.74) is -1.40. The molecule has 3 aliphatic rings. The topological polar surface area (TPSA) is 200 Å². The largest absolute Gasteiger partial charge is 0.444 e. The zero-order valence-corrected chi connectivity index (χ0v) is 33.8. The minimum Gasteiger partial charge on any atom is -0.444 e. The summed E-state index contributed by atoms with van der Waals surface area (Å²) >= 11 is 12.7. The molecule has 5 amide bonds. The number of nitrogens with zero attached hydrogens (tertiary/aromatic N) is 5. The van der Waals surface area contributed by atoms with E-state index in [-0.39, 0.29) is 48.9 Å². The van der Waals surface area contributed by atoms with Gasteiger partial charge in [0.1, 0.15) is 22.4 Å². The van der Waals surface area contributed by atoms with Crippen molar-refractivity contribution in [3.8, 4) is 6.07 Å². The molecule has 2 fully saturated rings. The maximum Gasteiger partial charge on any atom is 0.407 e. The van der Waals surface area contributed by atoms with Crippen molar-refractivity contribution in [1.82, 2.24) is 35.8 Å². The van der Waals surface area contributed by atoms with Crippen LogP contribution in [0.5, 0.6) is 0 Å². The Morgan fingerprint density at radius 3 is 2.14 bits per heavy atom. The number of carbonyl (C=O) groups excluding carboxylic acids is 5. The lowest BCUT2D eigenvalue weighted by molar-refractivity contribution is -0.125. The SMILES string of the molecule is CC(C)(C)OC(=O)NCCNC(=O)c1ccc(C2(NC(=O)C3(NC(=O)c4cnc5n4C(C)(Cc4ccc(C#N)cc4)C(=O)N5c4cc(Cl)cc(Cl)c4)CC3)CC2)nc1. The number of hydrogen-bond donors (Lipinski definition) is 4. The van der Waals surface area contributed by atoms with Crippen molar-refractivity contribution in [1.29, 1.82) is 5.26 Å². The average Bonchev–Trinajstić information content (AvgIpc) is 4.07. The number of pyridine rings is 1. The Morgan fingerprint density at radius 2 is 1.55 bits per heavy atom. The standard InChI is InChI=1S/C41H41Cl2N9O6/c1-38(2,3)58-37(57)46-16-15-45-32(53)26-9-10-31(47-22-26)40(11-12-40)50-34(55)41(13-14-41)49-33(54)30-23-48-36-51(29-18-27(42)17-28(43)19-29)35(56)39(4,52(30)36)20-24-5-7-25(21-44)8-6-24/h5-10,17-19,22-23H,11-16,20H2,1-4H3,(H,45,53)(H,46,57)(H,49,54)(H,50,55). The Morgan fingerprint density at radius 1 is 0.879 bits per heavy atom. The number of nitriles is 1. The molecule has 300 valence electrons. The number of anilines is 2. The minimum atomic E-state index is -1.36. The van der Waals surface area contributed by atoms with E-state index in [0.29, 0.717) is 58.2 Å². The Kier molecular flexibility index (Phi) is 10.5. The van der Waals surface area contributed by atoms with Crippen LogP contribution in [0.4, 0.5) is 16.4 Å². The Balaban J connectivity index is 1.05. The lowest BCUT2D eigenvalue weighted by atomic mass is 9.91. The number of aromatic nitrogens is 3. The van der Waals surface area contributed by atoms with E-state index in [2.05, 4.69) is 37.3 Å². The lowest BCUT2D eigenvalue weighted by Gasteiger charge is -2.27. The third-order valence-corrected chi connectivity index (χ3v) is 10.7. The predicted molar refractivity (Wildman–Crippen MR) is 214 cm³/mol. The summed E-state index contributed by atoms with van der Waals surface area (Å²) in [5.74, 6) is -1.54. The monoisotopic (exact) mass is 825 g/mol. The second-order valence-electron chi connectivity index (χ2n) is 16.0. The van der Waals surface area contributed by atoms with Crippen molar-refractivity contribution >= 4 is 64.6 Å². The number of alkyl carbamates (subject to hydrolysis) is 1. The number of benzene rings is 2. The summed E-state index contributed by atoms with van der Waals surface area (Å²) < 4.78 is 6.77. The quantitative estimate of drug-likeness (QED) is 0.135. The van der Waals surface area contributed by atoms with E-state index in [0.717, 1.165) is 5.56 Å². The second-order valence-corrected chi connectivity index (χ2v) is 16.9. The fraction of sp³-hybridized carbons (Fsp3) is 0.366. The molecular formula is C41H41Cl2N9O6. The van der Waals surface area contributed by atoms with Gasteiger partial charge in [0.2, 0.25) is 11.9 Å². The van der Waals surface area contributed by atoms with Crippen LogP contribution >= 0.6 is 23.2 Å². The van der Waals surface area contributed by atoms with Crippen LogP contribution in [0.2, 0.25) is 10.0 Å². The third-order valence-electron chi connectivity index (χ3n) is 10.3. The molecule has 0 saturated heterocycles. The van der Waals surface area contributed by atoms with Crippen LogP contribution in [0.15, 0.2) is 67.0 Å². The molecule has 2 aromatic carbocycles. The Bertz CT molecular complexity index is 2340. The van der Waals surface area contributed by atoms with E-state index in [1.165, 1.54) is 17.3 Å². The molecule has 17 heteroatoms. The summed E-state index contributed by atoms with van der Waals surface area (Å²) in [6.07, 6.45) is 4.41. The number of nitrogens with one attached hydrogen (secondary N) is 4. The number of carbonyl (C=O) groups is 5. The molecule has 58 heavy (non-hydrogen) atoms. The van der Waals surface area contributed by atoms with E-state index in [1.807, 2.05) is 0 Å². The van der Waals surface area contributed by atoms with Gasteiger partial charge in [-0.3, -0.25) is 28.7 Å². The molecule has 2 aliphatic carbocycles. The molecule has 15 nitrogen and oxygen atoms in total. The first-order valence-electron chi connectivity index (χ1n) is 18.7. The van der Waals surface area contributed by atoms with Gasteiger partial charge in [0.25, 0.3) is 17.7 Å². The summed E-state index contributed by atoms with van der Waals surface area (Å²) in [6.45, 7) is 7.34.